The largest absolute Gasteiger partial charge is 0.510 e. The maximum absolute atomic E-state index is 14.0. The summed E-state index contributed by atoms with van der Waals surface area (Å²) in [6, 6.07) is 0.701. The van der Waals surface area contributed by atoms with Crippen LogP contribution in [0.1, 0.15) is 54.1 Å². The van der Waals surface area contributed by atoms with Gasteiger partial charge in [-0.1, -0.05) is 25.2 Å². The number of ketones is 2. The summed E-state index contributed by atoms with van der Waals surface area (Å²) in [6.07, 6.45) is 2.73. The van der Waals surface area contributed by atoms with E-state index in [2.05, 4.69) is 11.8 Å². The maximum Gasteiger partial charge on any atom is 0.255 e. The first-order valence-corrected chi connectivity index (χ1v) is 13.0. The molecule has 1 amide bonds. The number of anilines is 1. The lowest BCUT2D eigenvalue weighted by atomic mass is 9.58. The van der Waals surface area contributed by atoms with Crippen molar-refractivity contribution in [2.75, 3.05) is 33.1 Å². The van der Waals surface area contributed by atoms with Gasteiger partial charge in [0.15, 0.2) is 11.4 Å². The Kier molecular flexibility index (Phi) is 7.27. The number of primary amides is 1. The first kappa shape index (κ1) is 28.2. The lowest BCUT2D eigenvalue weighted by Crippen LogP contribution is -2.63. The number of phenolic OH excluding ortho intramolecular Hbond substituents is 1. The number of hydrogen-bond acceptors (Lipinski definition) is 9. The Labute approximate surface area is 227 Å². The maximum atomic E-state index is 14.0. The number of unbranched alkanes of at least 4 members (excludes halogenated alkanes) is 2. The molecule has 0 bridgehead atoms. The number of hydrogen-bond donors (Lipinski definition) is 5. The monoisotopic (exact) mass is 537 g/mol. The molecule has 0 saturated heterocycles. The third-order valence-electron chi connectivity index (χ3n) is 8.06. The van der Waals surface area contributed by atoms with Crippen molar-refractivity contribution in [3.8, 4) is 17.6 Å². The Bertz CT molecular complexity index is 1400. The minimum atomic E-state index is -2.66. The van der Waals surface area contributed by atoms with Crippen LogP contribution in [0.25, 0.3) is 0 Å². The van der Waals surface area contributed by atoms with Crippen molar-refractivity contribution in [2.45, 2.75) is 50.7 Å². The number of carbonyl (C=O) groups excluding carboxylic acids is 3. The Hall–Kier alpha value is -3.81. The minimum Gasteiger partial charge on any atom is -0.510 e. The van der Waals surface area contributed by atoms with Crippen molar-refractivity contribution in [3.05, 3.63) is 45.4 Å². The smallest absolute Gasteiger partial charge is 0.255 e. The van der Waals surface area contributed by atoms with Crippen molar-refractivity contribution in [3.63, 3.8) is 0 Å². The molecule has 10 nitrogen and oxygen atoms in total. The summed E-state index contributed by atoms with van der Waals surface area (Å²) in [5.41, 5.74) is 3.16. The number of benzene rings is 1. The highest BCUT2D eigenvalue weighted by molar-refractivity contribution is 6.25. The Morgan fingerprint density at radius 2 is 1.85 bits per heavy atom. The van der Waals surface area contributed by atoms with Crippen LogP contribution in [-0.2, 0) is 16.0 Å². The molecule has 0 radical (unpaired) electrons. The zero-order valence-corrected chi connectivity index (χ0v) is 22.8. The molecule has 4 unspecified atom stereocenters. The topological polar surface area (TPSA) is 165 Å². The van der Waals surface area contributed by atoms with Crippen molar-refractivity contribution < 1.29 is 34.8 Å². The van der Waals surface area contributed by atoms with Crippen LogP contribution >= 0.6 is 0 Å². The van der Waals surface area contributed by atoms with Gasteiger partial charge in [0.1, 0.15) is 22.8 Å². The minimum absolute atomic E-state index is 0.0396. The number of amides is 1. The first-order chi connectivity index (χ1) is 18.3. The Morgan fingerprint density at radius 1 is 1.18 bits per heavy atom. The molecule has 0 saturated carbocycles. The molecule has 0 spiro atoms. The number of nitrogens with zero attached hydrogens (tertiary/aromatic N) is 2. The van der Waals surface area contributed by atoms with Crippen molar-refractivity contribution >= 4 is 23.2 Å². The second kappa shape index (κ2) is 10.1. The van der Waals surface area contributed by atoms with Crippen LogP contribution in [0.15, 0.2) is 28.7 Å². The molecule has 39 heavy (non-hydrogen) atoms. The van der Waals surface area contributed by atoms with E-state index in [4.69, 9.17) is 5.73 Å². The van der Waals surface area contributed by atoms with Crippen molar-refractivity contribution in [2.24, 2.45) is 17.6 Å². The fourth-order valence-corrected chi connectivity index (χ4v) is 6.22. The van der Waals surface area contributed by atoms with Gasteiger partial charge in [-0.3, -0.25) is 19.3 Å². The number of Topliss-reactive ketones (excluding diaryl/α,β-unsaturated/α-hetero) is 2. The normalized spacial score (nSPS) is 26.1. The van der Waals surface area contributed by atoms with E-state index in [1.165, 1.54) is 4.90 Å². The van der Waals surface area contributed by atoms with Gasteiger partial charge in [-0.25, -0.2) is 0 Å². The summed E-state index contributed by atoms with van der Waals surface area (Å²) in [4.78, 5) is 42.9. The van der Waals surface area contributed by atoms with E-state index < -0.39 is 58.0 Å². The SMILES string of the molecule is CCCCC#Cc1cc(N(C)C)c2c(c1O)C(=O)C1=C(O)C3(O)C(=O)C(C(N)=O)=C(O)C(N(C)C)C3CC1C2. The number of nitrogens with two attached hydrogens (primary N) is 1. The summed E-state index contributed by atoms with van der Waals surface area (Å²) in [6.45, 7) is 2.04. The molecule has 4 atom stereocenters. The number of aliphatic hydroxyl groups excluding tert-OH is 2. The van der Waals surface area contributed by atoms with E-state index >= 15 is 0 Å². The molecular weight excluding hydrogens is 502 g/mol. The fraction of sp³-hybridized carbons (Fsp3) is 0.483. The molecule has 1 aromatic carbocycles. The molecular formula is C29H35N3O7. The summed E-state index contributed by atoms with van der Waals surface area (Å²) in [7, 11) is 6.81. The fourth-order valence-electron chi connectivity index (χ4n) is 6.22. The number of rotatable bonds is 5. The van der Waals surface area contributed by atoms with Crippen LogP contribution < -0.4 is 10.6 Å². The first-order valence-electron chi connectivity index (χ1n) is 13.0. The molecule has 10 heteroatoms. The molecule has 4 rings (SSSR count). The molecule has 3 aliphatic rings. The predicted octanol–water partition coefficient (Wildman–Crippen LogP) is 1.73. The summed E-state index contributed by atoms with van der Waals surface area (Å²) >= 11 is 0. The van der Waals surface area contributed by atoms with E-state index in [9.17, 15) is 34.8 Å². The average Bonchev–Trinajstić information content (AvgIpc) is 2.84. The lowest BCUT2D eigenvalue weighted by molar-refractivity contribution is -0.148. The highest BCUT2D eigenvalue weighted by Crippen LogP contribution is 2.53. The van der Waals surface area contributed by atoms with Gasteiger partial charge in [0, 0.05) is 37.7 Å². The molecule has 0 fully saturated rings. The van der Waals surface area contributed by atoms with Crippen LogP contribution in [0.5, 0.6) is 5.75 Å². The number of allylic oxidation sites excluding steroid dienone is 1. The number of aromatic hydroxyl groups is 1. The van der Waals surface area contributed by atoms with Crippen LogP contribution in [-0.4, -0.2) is 82.6 Å². The number of aliphatic hydroxyl groups is 3. The van der Waals surface area contributed by atoms with Crippen LogP contribution in [0.3, 0.4) is 0 Å². The molecule has 208 valence electrons. The molecule has 3 aliphatic carbocycles. The third kappa shape index (κ3) is 4.17. The lowest BCUT2D eigenvalue weighted by Gasteiger charge is -2.50. The van der Waals surface area contributed by atoms with Gasteiger partial charge in [-0.05, 0) is 50.9 Å². The van der Waals surface area contributed by atoms with Crippen LogP contribution in [0.2, 0.25) is 0 Å². The van der Waals surface area contributed by atoms with E-state index in [0.29, 0.717) is 17.7 Å². The van der Waals surface area contributed by atoms with Gasteiger partial charge in [-0.2, -0.15) is 0 Å². The van der Waals surface area contributed by atoms with Gasteiger partial charge in [0.2, 0.25) is 5.78 Å². The average molecular weight is 538 g/mol. The number of likely N-dealkylation sites (N-methyl/N-ethyl adjacent to an activating group) is 1. The predicted molar refractivity (Wildman–Crippen MR) is 144 cm³/mol. The number of carbonyl (C=O) groups is 3. The zero-order chi connectivity index (χ0) is 29.0. The zero-order valence-electron chi connectivity index (χ0n) is 22.8. The standard InChI is InChI=1S/C29H35N3O7/c1-6-7-8-9-10-14-13-18(31(2)3)16-11-15-12-17-22(32(4)5)25(35)21(28(30)38)27(37)29(17,39)26(36)19(15)24(34)20(16)23(14)33/h13,15,17,22,33,35-36,39H,6-8,11-12H2,1-5H3,(H2,30,38). The summed E-state index contributed by atoms with van der Waals surface area (Å²) in [5, 5.41) is 45.2. The number of fused-ring (bicyclic) bond motifs is 3. The highest BCUT2D eigenvalue weighted by atomic mass is 16.3. The van der Waals surface area contributed by atoms with Crippen LogP contribution in [0.4, 0.5) is 5.69 Å². The molecule has 0 heterocycles. The summed E-state index contributed by atoms with van der Waals surface area (Å²) < 4.78 is 0. The summed E-state index contributed by atoms with van der Waals surface area (Å²) in [5.74, 6) is -0.768. The van der Waals surface area contributed by atoms with Gasteiger partial charge in [0.25, 0.3) is 5.91 Å². The Balaban J connectivity index is 1.94. The molecule has 0 aromatic heterocycles. The van der Waals surface area contributed by atoms with E-state index in [1.54, 1.807) is 20.2 Å². The quantitative estimate of drug-likeness (QED) is 0.214. The molecule has 1 aromatic rings. The second-order valence-electron chi connectivity index (χ2n) is 10.9. The number of phenols is 1. The van der Waals surface area contributed by atoms with E-state index in [-0.39, 0.29) is 35.3 Å². The highest BCUT2D eigenvalue weighted by Gasteiger charge is 2.63. The van der Waals surface area contributed by atoms with Crippen molar-refractivity contribution in [1.29, 1.82) is 0 Å². The second-order valence-corrected chi connectivity index (χ2v) is 10.9. The Morgan fingerprint density at radius 3 is 2.41 bits per heavy atom. The van der Waals surface area contributed by atoms with E-state index in [0.717, 1.165) is 12.8 Å². The van der Waals surface area contributed by atoms with E-state index in [1.807, 2.05) is 25.9 Å². The van der Waals surface area contributed by atoms with Gasteiger partial charge < -0.3 is 31.1 Å². The van der Waals surface area contributed by atoms with Gasteiger partial charge >= 0.3 is 0 Å². The third-order valence-corrected chi connectivity index (χ3v) is 8.06. The molecule has 6 N–H and O–H groups in total. The van der Waals surface area contributed by atoms with Gasteiger partial charge in [-0.15, -0.1) is 0 Å². The molecule has 0 aliphatic heterocycles. The van der Waals surface area contributed by atoms with Crippen molar-refractivity contribution in [1.82, 2.24) is 4.90 Å². The van der Waals surface area contributed by atoms with Gasteiger partial charge in [0.05, 0.1) is 17.2 Å². The van der Waals surface area contributed by atoms with Crippen LogP contribution in [0, 0.1) is 23.7 Å².